The Bertz CT molecular complexity index is 361. The van der Waals surface area contributed by atoms with Crippen LogP contribution in [-0.4, -0.2) is 18.3 Å². The van der Waals surface area contributed by atoms with E-state index in [0.717, 1.165) is 18.4 Å². The minimum absolute atomic E-state index is 0.0162. The number of furan rings is 1. The van der Waals surface area contributed by atoms with Crippen molar-refractivity contribution < 1.29 is 9.21 Å². The third-order valence-corrected chi connectivity index (χ3v) is 4.04. The molecule has 0 saturated heterocycles. The maximum atomic E-state index is 11.9. The Morgan fingerprint density at radius 1 is 1.47 bits per heavy atom. The topological polar surface area (TPSA) is 42.2 Å². The molecule has 0 atom stereocenters. The molecule has 0 aliphatic heterocycles. The van der Waals surface area contributed by atoms with Gasteiger partial charge in [-0.2, -0.15) is 0 Å². The van der Waals surface area contributed by atoms with Gasteiger partial charge in [0, 0.05) is 23.4 Å². The fourth-order valence-electron chi connectivity index (χ4n) is 1.69. The summed E-state index contributed by atoms with van der Waals surface area (Å²) < 4.78 is 5.15. The Labute approximate surface area is 108 Å². The predicted octanol–water partition coefficient (Wildman–Crippen LogP) is 3.36. The van der Waals surface area contributed by atoms with Crippen LogP contribution < -0.4 is 5.32 Å². The lowest BCUT2D eigenvalue weighted by molar-refractivity contribution is 0.0903. The molecule has 1 rings (SSSR count). The quantitative estimate of drug-likeness (QED) is 0.794. The van der Waals surface area contributed by atoms with E-state index in [9.17, 15) is 4.79 Å². The highest BCUT2D eigenvalue weighted by atomic mass is 35.5. The average molecular weight is 258 g/mol. The van der Waals surface area contributed by atoms with Crippen molar-refractivity contribution in [3.8, 4) is 0 Å². The van der Waals surface area contributed by atoms with Crippen molar-refractivity contribution in [1.29, 1.82) is 0 Å². The van der Waals surface area contributed by atoms with Crippen LogP contribution in [0.25, 0.3) is 0 Å². The van der Waals surface area contributed by atoms with Gasteiger partial charge in [0.05, 0.1) is 6.26 Å². The average Bonchev–Trinajstić information content (AvgIpc) is 2.78. The lowest BCUT2D eigenvalue weighted by atomic mass is 9.84. The summed E-state index contributed by atoms with van der Waals surface area (Å²) in [6, 6.07) is 1.78. The van der Waals surface area contributed by atoms with Gasteiger partial charge >= 0.3 is 0 Å². The summed E-state index contributed by atoms with van der Waals surface area (Å²) in [7, 11) is 0. The number of aryl methyl sites for hydroxylation is 1. The molecule has 1 aromatic rings. The Morgan fingerprint density at radius 2 is 2.12 bits per heavy atom. The zero-order chi connectivity index (χ0) is 12.9. The van der Waals surface area contributed by atoms with E-state index in [2.05, 4.69) is 19.2 Å². The van der Waals surface area contributed by atoms with E-state index in [1.54, 1.807) is 6.07 Å². The molecule has 1 amide bonds. The zero-order valence-electron chi connectivity index (χ0n) is 10.7. The number of carbonyl (C=O) groups excluding carboxylic acids is 1. The van der Waals surface area contributed by atoms with Crippen LogP contribution in [0.3, 0.4) is 0 Å². The zero-order valence-corrected chi connectivity index (χ0v) is 11.4. The van der Waals surface area contributed by atoms with Gasteiger partial charge in [-0.25, -0.2) is 0 Å². The molecule has 17 heavy (non-hydrogen) atoms. The molecule has 0 aliphatic rings. The molecule has 1 heterocycles. The van der Waals surface area contributed by atoms with Crippen LogP contribution in [0.15, 0.2) is 16.7 Å². The molecule has 4 heteroatoms. The van der Waals surface area contributed by atoms with Gasteiger partial charge in [-0.15, -0.1) is 11.6 Å². The summed E-state index contributed by atoms with van der Waals surface area (Å²) >= 11 is 5.99. The molecule has 0 spiro atoms. The maximum Gasteiger partial charge on any atom is 0.287 e. The fourth-order valence-corrected chi connectivity index (χ4v) is 2.16. The Hall–Kier alpha value is -0.960. The molecule has 0 bridgehead atoms. The Kier molecular flexibility index (Phi) is 5.06. The summed E-state index contributed by atoms with van der Waals surface area (Å²) in [6.45, 7) is 6.63. The van der Waals surface area contributed by atoms with E-state index in [1.807, 2.05) is 6.92 Å². The van der Waals surface area contributed by atoms with E-state index in [1.165, 1.54) is 6.26 Å². The molecule has 0 aromatic carbocycles. The lowest BCUT2D eigenvalue weighted by Crippen LogP contribution is -2.38. The number of alkyl halides is 1. The number of halogens is 1. The van der Waals surface area contributed by atoms with Gasteiger partial charge in [0.2, 0.25) is 0 Å². The largest absolute Gasteiger partial charge is 0.459 e. The maximum absolute atomic E-state index is 11.9. The third-order valence-electron chi connectivity index (χ3n) is 3.48. The van der Waals surface area contributed by atoms with Gasteiger partial charge in [0.25, 0.3) is 5.91 Å². The van der Waals surface area contributed by atoms with Crippen LogP contribution >= 0.6 is 11.6 Å². The number of amides is 1. The summed E-state index contributed by atoms with van der Waals surface area (Å²) in [5.41, 5.74) is 0.838. The molecular formula is C13H20ClNO2. The van der Waals surface area contributed by atoms with E-state index in [0.29, 0.717) is 18.2 Å². The molecule has 0 unspecified atom stereocenters. The number of rotatable bonds is 6. The van der Waals surface area contributed by atoms with E-state index >= 15 is 0 Å². The summed E-state index contributed by atoms with van der Waals surface area (Å²) in [4.78, 5) is 11.9. The van der Waals surface area contributed by atoms with Crippen molar-refractivity contribution in [2.45, 2.75) is 33.6 Å². The first-order chi connectivity index (χ1) is 8.08. The normalized spacial score (nSPS) is 11.5. The first-order valence-corrected chi connectivity index (χ1v) is 6.50. The van der Waals surface area contributed by atoms with Gasteiger partial charge in [0.15, 0.2) is 5.76 Å². The lowest BCUT2D eigenvalue weighted by Gasteiger charge is -2.29. The molecule has 1 aromatic heterocycles. The molecule has 0 radical (unpaired) electrons. The molecular weight excluding hydrogens is 238 g/mol. The van der Waals surface area contributed by atoms with Crippen molar-refractivity contribution >= 4 is 17.5 Å². The second-order valence-electron chi connectivity index (χ2n) is 4.46. The standard InChI is InChI=1S/C13H20ClNO2/c1-4-13(5-2,8-14)9-15-12(16)11-10(3)6-7-17-11/h6-7H,4-5,8-9H2,1-3H3,(H,15,16). The number of nitrogens with one attached hydrogen (secondary N) is 1. The highest BCUT2D eigenvalue weighted by Crippen LogP contribution is 2.27. The van der Waals surface area contributed by atoms with Gasteiger partial charge in [-0.05, 0) is 25.8 Å². The summed E-state index contributed by atoms with van der Waals surface area (Å²) in [5, 5.41) is 2.90. The van der Waals surface area contributed by atoms with Crippen LogP contribution in [-0.2, 0) is 0 Å². The van der Waals surface area contributed by atoms with Crippen LogP contribution in [0.5, 0.6) is 0 Å². The van der Waals surface area contributed by atoms with Crippen molar-refractivity contribution in [3.05, 3.63) is 23.7 Å². The molecule has 3 nitrogen and oxygen atoms in total. The SMILES string of the molecule is CCC(CC)(CCl)CNC(=O)c1occc1C. The van der Waals surface area contributed by atoms with Gasteiger partial charge in [0.1, 0.15) is 0 Å². The van der Waals surface area contributed by atoms with Gasteiger partial charge in [-0.1, -0.05) is 13.8 Å². The van der Waals surface area contributed by atoms with E-state index < -0.39 is 0 Å². The van der Waals surface area contributed by atoms with Crippen molar-refractivity contribution in [1.82, 2.24) is 5.32 Å². The molecule has 0 saturated carbocycles. The Morgan fingerprint density at radius 3 is 2.53 bits per heavy atom. The highest BCUT2D eigenvalue weighted by molar-refractivity contribution is 6.18. The smallest absolute Gasteiger partial charge is 0.287 e. The molecule has 0 fully saturated rings. The first-order valence-electron chi connectivity index (χ1n) is 5.97. The minimum atomic E-state index is -0.163. The fraction of sp³-hybridized carbons (Fsp3) is 0.615. The third kappa shape index (κ3) is 3.25. The highest BCUT2D eigenvalue weighted by Gasteiger charge is 2.26. The number of hydrogen-bond donors (Lipinski definition) is 1. The summed E-state index contributed by atoms with van der Waals surface area (Å²) in [5.74, 6) is 0.779. The molecule has 0 aliphatic carbocycles. The van der Waals surface area contributed by atoms with Crippen molar-refractivity contribution in [2.24, 2.45) is 5.41 Å². The van der Waals surface area contributed by atoms with Crippen LogP contribution in [0, 0.1) is 12.3 Å². The minimum Gasteiger partial charge on any atom is -0.459 e. The predicted molar refractivity (Wildman–Crippen MR) is 69.5 cm³/mol. The van der Waals surface area contributed by atoms with Crippen LogP contribution in [0.2, 0.25) is 0 Å². The van der Waals surface area contributed by atoms with E-state index in [-0.39, 0.29) is 11.3 Å². The molecule has 96 valence electrons. The second kappa shape index (κ2) is 6.10. The first kappa shape index (κ1) is 14.1. The molecule has 1 N–H and O–H groups in total. The second-order valence-corrected chi connectivity index (χ2v) is 4.72. The van der Waals surface area contributed by atoms with Gasteiger partial charge < -0.3 is 9.73 Å². The number of hydrogen-bond acceptors (Lipinski definition) is 2. The monoisotopic (exact) mass is 257 g/mol. The summed E-state index contributed by atoms with van der Waals surface area (Å²) in [6.07, 6.45) is 3.42. The van der Waals surface area contributed by atoms with Crippen LogP contribution in [0.1, 0.15) is 42.8 Å². The Balaban J connectivity index is 2.62. The van der Waals surface area contributed by atoms with E-state index in [4.69, 9.17) is 16.0 Å². The van der Waals surface area contributed by atoms with Crippen molar-refractivity contribution in [2.75, 3.05) is 12.4 Å². The van der Waals surface area contributed by atoms with Crippen molar-refractivity contribution in [3.63, 3.8) is 0 Å². The number of carbonyl (C=O) groups is 1. The van der Waals surface area contributed by atoms with Gasteiger partial charge in [-0.3, -0.25) is 4.79 Å². The van der Waals surface area contributed by atoms with Crippen LogP contribution in [0.4, 0.5) is 0 Å².